The Kier molecular flexibility index (Phi) is 8.46. The monoisotopic (exact) mass is 467 g/mol. The average Bonchev–Trinajstić information content (AvgIpc) is 3.01. The van der Waals surface area contributed by atoms with Crippen molar-refractivity contribution >= 4 is 5.57 Å². The molecule has 0 bridgehead atoms. The molecule has 0 N–H and O–H groups in total. The molecule has 3 aromatic carbocycles. The molecule has 0 spiro atoms. The van der Waals surface area contributed by atoms with Crippen LogP contribution in [-0.4, -0.2) is 25.0 Å². The zero-order valence-electron chi connectivity index (χ0n) is 22.0. The summed E-state index contributed by atoms with van der Waals surface area (Å²) in [7, 11) is 2.25. The Morgan fingerprint density at radius 3 is 2.29 bits per heavy atom. The van der Waals surface area contributed by atoms with E-state index >= 15 is 0 Å². The lowest BCUT2D eigenvalue weighted by Gasteiger charge is -2.19. The van der Waals surface area contributed by atoms with Crippen LogP contribution in [0.15, 0.2) is 78.9 Å². The topological polar surface area (TPSA) is 12.5 Å². The Balaban J connectivity index is 1.24. The van der Waals surface area contributed by atoms with Crippen LogP contribution in [0.25, 0.3) is 5.57 Å². The second-order valence-corrected chi connectivity index (χ2v) is 10.9. The van der Waals surface area contributed by atoms with Gasteiger partial charge in [0.2, 0.25) is 0 Å². The Labute approximate surface area is 212 Å². The van der Waals surface area contributed by atoms with E-state index in [4.69, 9.17) is 4.74 Å². The summed E-state index contributed by atoms with van der Waals surface area (Å²) >= 11 is 0. The van der Waals surface area contributed by atoms with E-state index in [0.29, 0.717) is 6.61 Å². The molecule has 3 aromatic rings. The molecule has 0 saturated heterocycles. The molecular formula is C33H41NO. The van der Waals surface area contributed by atoms with Crippen molar-refractivity contribution in [3.05, 3.63) is 107 Å². The molecule has 2 heteroatoms. The molecular weight excluding hydrogens is 426 g/mol. The van der Waals surface area contributed by atoms with E-state index in [1.54, 1.807) is 0 Å². The standard InChI is InChI=1S/C33H41NO/c1-33(2,3)28-21-19-26(20-22-28)13-6-5-11-23-34(4)24-12-17-30-29-15-8-7-14-27(29)25-35-32-18-10-9-16-31(30)32/h7-10,14-22H,5-6,11-13,23-25H2,1-4H3. The van der Waals surface area contributed by atoms with E-state index in [2.05, 4.69) is 112 Å². The van der Waals surface area contributed by atoms with Crippen molar-refractivity contribution < 1.29 is 4.74 Å². The number of hydrogen-bond acceptors (Lipinski definition) is 2. The number of benzene rings is 3. The lowest BCUT2D eigenvalue weighted by molar-refractivity contribution is 0.307. The van der Waals surface area contributed by atoms with Gasteiger partial charge in [0.1, 0.15) is 12.4 Å². The van der Waals surface area contributed by atoms with Crippen LogP contribution in [0.2, 0.25) is 0 Å². The zero-order chi connectivity index (χ0) is 24.7. The summed E-state index contributed by atoms with van der Waals surface area (Å²) in [4.78, 5) is 2.47. The normalized spacial score (nSPS) is 14.4. The summed E-state index contributed by atoms with van der Waals surface area (Å²) in [5.74, 6) is 0.983. The van der Waals surface area contributed by atoms with Gasteiger partial charge in [-0.05, 0) is 78.6 Å². The van der Waals surface area contributed by atoms with Gasteiger partial charge >= 0.3 is 0 Å². The maximum Gasteiger partial charge on any atom is 0.127 e. The molecule has 0 saturated carbocycles. The number of unbranched alkanes of at least 4 members (excludes halogenated alkanes) is 2. The lowest BCUT2D eigenvalue weighted by atomic mass is 9.86. The highest BCUT2D eigenvalue weighted by Gasteiger charge is 2.18. The fourth-order valence-corrected chi connectivity index (χ4v) is 4.84. The molecule has 0 aliphatic carbocycles. The maximum absolute atomic E-state index is 6.11. The maximum atomic E-state index is 6.11. The largest absolute Gasteiger partial charge is 0.488 e. The third-order valence-electron chi connectivity index (χ3n) is 7.05. The Hall–Kier alpha value is -2.84. The molecule has 2 nitrogen and oxygen atoms in total. The first-order chi connectivity index (χ1) is 16.9. The van der Waals surface area contributed by atoms with Crippen molar-refractivity contribution in [3.8, 4) is 5.75 Å². The van der Waals surface area contributed by atoms with E-state index in [1.165, 1.54) is 59.1 Å². The summed E-state index contributed by atoms with van der Waals surface area (Å²) < 4.78 is 6.11. The molecule has 0 fully saturated rings. The number of hydrogen-bond donors (Lipinski definition) is 0. The highest BCUT2D eigenvalue weighted by atomic mass is 16.5. The number of nitrogens with zero attached hydrogens (tertiary/aromatic N) is 1. The van der Waals surface area contributed by atoms with Crippen LogP contribution in [0.1, 0.15) is 74.3 Å². The van der Waals surface area contributed by atoms with Crippen molar-refractivity contribution in [1.29, 1.82) is 0 Å². The fraction of sp³-hybridized carbons (Fsp3) is 0.394. The number of para-hydroxylation sites is 1. The summed E-state index contributed by atoms with van der Waals surface area (Å²) in [5, 5.41) is 0. The Morgan fingerprint density at radius 1 is 0.800 bits per heavy atom. The van der Waals surface area contributed by atoms with Gasteiger partial charge in [-0.3, -0.25) is 0 Å². The van der Waals surface area contributed by atoms with E-state index in [1.807, 2.05) is 0 Å². The molecule has 1 heterocycles. The average molecular weight is 468 g/mol. The van der Waals surface area contributed by atoms with Crippen molar-refractivity contribution in [1.82, 2.24) is 4.90 Å². The van der Waals surface area contributed by atoms with Crippen LogP contribution in [0.5, 0.6) is 5.75 Å². The number of aryl methyl sites for hydroxylation is 1. The molecule has 0 atom stereocenters. The Morgan fingerprint density at radius 2 is 1.51 bits per heavy atom. The van der Waals surface area contributed by atoms with Gasteiger partial charge in [-0.25, -0.2) is 0 Å². The van der Waals surface area contributed by atoms with E-state index < -0.39 is 0 Å². The minimum atomic E-state index is 0.232. The smallest absolute Gasteiger partial charge is 0.127 e. The first-order valence-electron chi connectivity index (χ1n) is 13.2. The van der Waals surface area contributed by atoms with Gasteiger partial charge in [-0.15, -0.1) is 0 Å². The highest BCUT2D eigenvalue weighted by Crippen LogP contribution is 2.36. The van der Waals surface area contributed by atoms with Crippen LogP contribution in [0, 0.1) is 0 Å². The second kappa shape index (κ2) is 11.7. The molecule has 4 rings (SSSR count). The van der Waals surface area contributed by atoms with E-state index in [-0.39, 0.29) is 5.41 Å². The predicted molar refractivity (Wildman–Crippen MR) is 149 cm³/mol. The SMILES string of the molecule is CN(CCC=C1c2ccccc2COc2ccccc21)CCCCCc1ccc(C(C)(C)C)cc1. The van der Waals surface area contributed by atoms with Crippen molar-refractivity contribution in [2.75, 3.05) is 20.1 Å². The third kappa shape index (κ3) is 6.86. The van der Waals surface area contributed by atoms with Gasteiger partial charge < -0.3 is 9.64 Å². The molecule has 0 radical (unpaired) electrons. The van der Waals surface area contributed by atoms with Crippen LogP contribution >= 0.6 is 0 Å². The number of fused-ring (bicyclic) bond motifs is 2. The first kappa shape index (κ1) is 25.3. The van der Waals surface area contributed by atoms with Gasteiger partial charge in [-0.2, -0.15) is 0 Å². The minimum absolute atomic E-state index is 0.232. The summed E-state index contributed by atoms with van der Waals surface area (Å²) in [5.41, 5.74) is 8.19. The van der Waals surface area contributed by atoms with Crippen molar-refractivity contribution in [3.63, 3.8) is 0 Å². The molecule has 1 aliphatic heterocycles. The van der Waals surface area contributed by atoms with Gasteiger partial charge in [0.25, 0.3) is 0 Å². The van der Waals surface area contributed by atoms with Crippen molar-refractivity contribution in [2.45, 2.75) is 64.9 Å². The quantitative estimate of drug-likeness (QED) is 0.295. The highest BCUT2D eigenvalue weighted by molar-refractivity contribution is 5.84. The molecule has 0 unspecified atom stereocenters. The summed E-state index contributed by atoms with van der Waals surface area (Å²) in [6.07, 6.45) is 8.43. The van der Waals surface area contributed by atoms with Crippen LogP contribution in [0.3, 0.4) is 0 Å². The van der Waals surface area contributed by atoms with Gasteiger partial charge in [-0.1, -0.05) is 100.0 Å². The van der Waals surface area contributed by atoms with Crippen molar-refractivity contribution in [2.24, 2.45) is 0 Å². The molecule has 184 valence electrons. The lowest BCUT2D eigenvalue weighted by Crippen LogP contribution is -2.20. The van der Waals surface area contributed by atoms with Crippen LogP contribution < -0.4 is 4.74 Å². The summed E-state index contributed by atoms with van der Waals surface area (Å²) in [6, 6.07) is 26.3. The van der Waals surface area contributed by atoms with E-state index in [0.717, 1.165) is 25.3 Å². The zero-order valence-corrected chi connectivity index (χ0v) is 22.0. The predicted octanol–water partition coefficient (Wildman–Crippen LogP) is 8.04. The Bertz CT molecular complexity index is 1070. The molecule has 0 aromatic heterocycles. The fourth-order valence-electron chi connectivity index (χ4n) is 4.84. The molecule has 1 aliphatic rings. The van der Waals surface area contributed by atoms with Crippen LogP contribution in [0.4, 0.5) is 0 Å². The minimum Gasteiger partial charge on any atom is -0.488 e. The third-order valence-corrected chi connectivity index (χ3v) is 7.05. The second-order valence-electron chi connectivity index (χ2n) is 10.9. The molecule has 0 amide bonds. The van der Waals surface area contributed by atoms with Gasteiger partial charge in [0.05, 0.1) is 0 Å². The number of rotatable bonds is 9. The van der Waals surface area contributed by atoms with Gasteiger partial charge in [0.15, 0.2) is 0 Å². The van der Waals surface area contributed by atoms with Gasteiger partial charge in [0, 0.05) is 12.1 Å². The molecule has 35 heavy (non-hydrogen) atoms. The number of ether oxygens (including phenoxy) is 1. The van der Waals surface area contributed by atoms with E-state index in [9.17, 15) is 0 Å². The summed E-state index contributed by atoms with van der Waals surface area (Å²) in [6.45, 7) is 9.68. The first-order valence-corrected chi connectivity index (χ1v) is 13.2. The van der Waals surface area contributed by atoms with Crippen LogP contribution in [-0.2, 0) is 18.4 Å².